The number of halogens is 2. The van der Waals surface area contributed by atoms with E-state index in [1.165, 1.54) is 18.2 Å². The summed E-state index contributed by atoms with van der Waals surface area (Å²) in [5, 5.41) is 10.7. The average Bonchev–Trinajstić information content (AvgIpc) is 2.78. The second kappa shape index (κ2) is 7.74. The van der Waals surface area contributed by atoms with Crippen molar-refractivity contribution in [2.75, 3.05) is 0 Å². The third-order valence-corrected chi connectivity index (χ3v) is 14.9. The molecule has 0 saturated heterocycles. The van der Waals surface area contributed by atoms with E-state index < -0.39 is 5.31 Å². The summed E-state index contributed by atoms with van der Waals surface area (Å²) in [7, 11) is 0. The molecule has 0 aromatic heterocycles. The van der Waals surface area contributed by atoms with E-state index in [1.807, 2.05) is 54.6 Å². The van der Waals surface area contributed by atoms with Crippen molar-refractivity contribution in [2.24, 2.45) is 0 Å². The summed E-state index contributed by atoms with van der Waals surface area (Å²) in [6.45, 7) is 0. The van der Waals surface area contributed by atoms with E-state index in [4.69, 9.17) is 0 Å². The molecule has 0 saturated carbocycles. The summed E-state index contributed by atoms with van der Waals surface area (Å²) in [5.74, 6) is -0.257. The Kier molecular flexibility index (Phi) is 5.29. The van der Waals surface area contributed by atoms with E-state index >= 15 is 0 Å². The molecule has 0 aliphatic heterocycles. The zero-order valence-corrected chi connectivity index (χ0v) is 18.2. The summed E-state index contributed by atoms with van der Waals surface area (Å²) in [6, 6.07) is 35.0. The number of aromatic hydroxyl groups is 1. The van der Waals surface area contributed by atoms with Crippen LogP contribution in [0.2, 0.25) is 0 Å². The Morgan fingerprint density at radius 1 is 0.655 bits per heavy atom. The Morgan fingerprint density at radius 3 is 1.48 bits per heavy atom. The monoisotopic (exact) mass is 466 g/mol. The molecule has 0 fully saturated rings. The Balaban J connectivity index is 2.11. The number of rotatable bonds is 5. The summed E-state index contributed by atoms with van der Waals surface area (Å²) in [4.78, 5) is 0. The van der Waals surface area contributed by atoms with Gasteiger partial charge in [0.15, 0.2) is 0 Å². The molecule has 0 atom stereocenters. The molecule has 0 heterocycles. The third kappa shape index (κ3) is 3.39. The molecule has 0 aliphatic carbocycles. The van der Waals surface area contributed by atoms with Crippen LogP contribution in [0, 0.1) is 5.82 Å². The quantitative estimate of drug-likeness (QED) is 0.364. The molecule has 4 aromatic rings. The fourth-order valence-corrected chi connectivity index (χ4v) is 11.6. The van der Waals surface area contributed by atoms with Crippen LogP contribution in [0.3, 0.4) is 0 Å². The number of hydrogen-bond acceptors (Lipinski definition) is 1. The first-order chi connectivity index (χ1) is 14.0. The summed E-state index contributed by atoms with van der Waals surface area (Å²) in [5.41, 5.74) is 0.580. The Labute approximate surface area is 178 Å². The van der Waals surface area contributed by atoms with Crippen LogP contribution in [0.15, 0.2) is 109 Å². The fourth-order valence-electron chi connectivity index (χ4n) is 3.94. The number of hydrogen-bond donors (Lipinski definition) is 1. The molecule has 4 rings (SSSR count). The SMILES string of the molecule is Oc1ccc(F)cc1CP(Br)(c1ccccc1)(c1ccccc1)c1ccccc1. The Bertz CT molecular complexity index is 1020. The summed E-state index contributed by atoms with van der Waals surface area (Å²) < 4.78 is 14.1. The predicted octanol–water partition coefficient (Wildman–Crippen LogP) is 5.87. The fraction of sp³-hybridized carbons (Fsp3) is 0.0400. The van der Waals surface area contributed by atoms with E-state index in [0.717, 1.165) is 15.9 Å². The normalized spacial score (nSPS) is 12.8. The minimum atomic E-state index is -3.25. The van der Waals surface area contributed by atoms with Crippen LogP contribution < -0.4 is 15.9 Å². The van der Waals surface area contributed by atoms with Crippen molar-refractivity contribution in [1.82, 2.24) is 0 Å². The first-order valence-corrected chi connectivity index (χ1v) is 13.8. The van der Waals surface area contributed by atoms with Crippen molar-refractivity contribution in [3.8, 4) is 5.75 Å². The molecule has 0 unspecified atom stereocenters. The molecule has 29 heavy (non-hydrogen) atoms. The second-order valence-corrected chi connectivity index (χ2v) is 16.0. The standard InChI is InChI=1S/C25H21BrFOP/c26-29(22-10-4-1-5-11-22,23-12-6-2-7-13-23,24-14-8-3-9-15-24)19-20-18-21(27)16-17-25(20)28/h1-18,28H,19H2. The zero-order valence-electron chi connectivity index (χ0n) is 15.7. The zero-order chi connectivity index (χ0) is 20.3. The van der Waals surface area contributed by atoms with Crippen molar-refractivity contribution in [3.63, 3.8) is 0 Å². The molecule has 4 aromatic carbocycles. The van der Waals surface area contributed by atoms with Gasteiger partial charge in [0.2, 0.25) is 0 Å². The van der Waals surface area contributed by atoms with Gasteiger partial charge in [0.25, 0.3) is 0 Å². The molecule has 1 nitrogen and oxygen atoms in total. The first kappa shape index (κ1) is 19.8. The topological polar surface area (TPSA) is 20.2 Å². The molecule has 0 amide bonds. The molecule has 0 radical (unpaired) electrons. The maximum absolute atomic E-state index is 14.1. The number of phenolic OH excluding ortho intramolecular Hbond substituents is 1. The van der Waals surface area contributed by atoms with Gasteiger partial charge < -0.3 is 0 Å². The molecule has 146 valence electrons. The summed E-state index contributed by atoms with van der Waals surface area (Å²) in [6.07, 6.45) is 0.452. The van der Waals surface area contributed by atoms with Gasteiger partial charge >= 0.3 is 179 Å². The van der Waals surface area contributed by atoms with Gasteiger partial charge in [0.05, 0.1) is 0 Å². The molecule has 0 aliphatic rings. The number of phenols is 1. The van der Waals surface area contributed by atoms with E-state index in [2.05, 4.69) is 51.9 Å². The molecular formula is C25H21BrFOP. The van der Waals surface area contributed by atoms with E-state index in [9.17, 15) is 9.50 Å². The minimum absolute atomic E-state index is 0.0997. The van der Waals surface area contributed by atoms with Gasteiger partial charge in [-0.05, 0) is 0 Å². The molecule has 1 N–H and O–H groups in total. The van der Waals surface area contributed by atoms with E-state index in [-0.39, 0.29) is 11.6 Å². The van der Waals surface area contributed by atoms with Gasteiger partial charge in [-0.3, -0.25) is 0 Å². The van der Waals surface area contributed by atoms with Gasteiger partial charge in [-0.1, -0.05) is 0 Å². The van der Waals surface area contributed by atoms with Crippen LogP contribution in [0.4, 0.5) is 4.39 Å². The van der Waals surface area contributed by atoms with Crippen molar-refractivity contribution < 1.29 is 9.50 Å². The summed E-state index contributed by atoms with van der Waals surface area (Å²) >= 11 is 4.31. The van der Waals surface area contributed by atoms with Gasteiger partial charge in [0.1, 0.15) is 0 Å². The van der Waals surface area contributed by atoms with Gasteiger partial charge in [-0.25, -0.2) is 0 Å². The van der Waals surface area contributed by atoms with Crippen LogP contribution >= 0.6 is 20.8 Å². The van der Waals surface area contributed by atoms with Crippen LogP contribution in [-0.2, 0) is 6.16 Å². The Hall–Kier alpha value is -2.48. The van der Waals surface area contributed by atoms with Gasteiger partial charge in [0, 0.05) is 0 Å². The third-order valence-electron chi connectivity index (χ3n) is 5.39. The molecule has 0 spiro atoms. The van der Waals surface area contributed by atoms with Gasteiger partial charge in [-0.2, -0.15) is 0 Å². The average molecular weight is 467 g/mol. The number of benzene rings is 4. The van der Waals surface area contributed by atoms with Crippen LogP contribution in [0.1, 0.15) is 5.56 Å². The second-order valence-electron chi connectivity index (χ2n) is 7.12. The van der Waals surface area contributed by atoms with Crippen molar-refractivity contribution in [3.05, 3.63) is 121 Å². The molecular weight excluding hydrogens is 446 g/mol. The van der Waals surface area contributed by atoms with Crippen molar-refractivity contribution in [2.45, 2.75) is 6.16 Å². The Morgan fingerprint density at radius 2 is 1.07 bits per heavy atom. The molecule has 0 bridgehead atoms. The molecule has 4 heteroatoms. The first-order valence-electron chi connectivity index (χ1n) is 9.39. The maximum atomic E-state index is 14.1. The van der Waals surface area contributed by atoms with Crippen molar-refractivity contribution in [1.29, 1.82) is 0 Å². The van der Waals surface area contributed by atoms with Crippen LogP contribution in [0.5, 0.6) is 5.75 Å². The van der Waals surface area contributed by atoms with Crippen LogP contribution in [0.25, 0.3) is 0 Å². The van der Waals surface area contributed by atoms with E-state index in [0.29, 0.717) is 11.7 Å². The predicted molar refractivity (Wildman–Crippen MR) is 126 cm³/mol. The van der Waals surface area contributed by atoms with E-state index in [1.54, 1.807) is 0 Å². The van der Waals surface area contributed by atoms with Crippen molar-refractivity contribution >= 4 is 36.7 Å². The van der Waals surface area contributed by atoms with Gasteiger partial charge in [-0.15, -0.1) is 0 Å². The van der Waals surface area contributed by atoms with Crippen LogP contribution in [-0.4, -0.2) is 5.11 Å².